The maximum Gasteiger partial charge on any atom is 0.243 e. The van der Waals surface area contributed by atoms with Gasteiger partial charge in [-0.1, -0.05) is 35.3 Å². The quantitative estimate of drug-likeness (QED) is 0.897. The third-order valence-corrected chi connectivity index (χ3v) is 6.46. The van der Waals surface area contributed by atoms with Gasteiger partial charge in [-0.3, -0.25) is 0 Å². The number of piperidine rings is 1. The first-order valence-corrected chi connectivity index (χ1v) is 9.19. The highest BCUT2D eigenvalue weighted by molar-refractivity contribution is 9.10. The van der Waals surface area contributed by atoms with Crippen LogP contribution in [0.25, 0.3) is 0 Å². The van der Waals surface area contributed by atoms with Gasteiger partial charge in [-0.2, -0.15) is 4.31 Å². The molecule has 4 nitrogen and oxygen atoms in total. The van der Waals surface area contributed by atoms with E-state index in [0.717, 1.165) is 23.7 Å². The molecular weight excluding hydrogens is 340 g/mol. The molecule has 0 aliphatic carbocycles. The van der Waals surface area contributed by atoms with Crippen molar-refractivity contribution in [1.29, 1.82) is 0 Å². The molecule has 2 rings (SSSR count). The first-order chi connectivity index (χ1) is 9.48. The molecule has 1 aliphatic rings. The van der Waals surface area contributed by atoms with E-state index in [2.05, 4.69) is 22.9 Å². The second-order valence-electron chi connectivity index (χ2n) is 5.26. The first-order valence-electron chi connectivity index (χ1n) is 6.96. The van der Waals surface area contributed by atoms with Gasteiger partial charge in [-0.25, -0.2) is 8.42 Å². The molecule has 0 spiro atoms. The van der Waals surface area contributed by atoms with Gasteiger partial charge >= 0.3 is 0 Å². The molecule has 6 heteroatoms. The number of nitrogens with two attached hydrogens (primary N) is 1. The highest BCUT2D eigenvalue weighted by Crippen LogP contribution is 2.30. The maximum atomic E-state index is 12.8. The van der Waals surface area contributed by atoms with Crippen LogP contribution in [0.4, 0.5) is 0 Å². The zero-order valence-corrected chi connectivity index (χ0v) is 14.0. The number of sulfonamides is 1. The summed E-state index contributed by atoms with van der Waals surface area (Å²) in [6.07, 6.45) is 2.86. The fourth-order valence-corrected chi connectivity index (χ4v) is 5.03. The fraction of sp³-hybridized carbons (Fsp3) is 0.571. The van der Waals surface area contributed by atoms with Crippen molar-refractivity contribution in [3.63, 3.8) is 0 Å². The van der Waals surface area contributed by atoms with Crippen LogP contribution in [0.3, 0.4) is 0 Å². The van der Waals surface area contributed by atoms with Crippen molar-refractivity contribution in [3.05, 3.63) is 28.7 Å². The van der Waals surface area contributed by atoms with Gasteiger partial charge < -0.3 is 5.73 Å². The van der Waals surface area contributed by atoms with Gasteiger partial charge in [0.25, 0.3) is 0 Å². The third-order valence-electron chi connectivity index (χ3n) is 4.02. The molecule has 1 saturated heterocycles. The lowest BCUT2D eigenvalue weighted by Gasteiger charge is -2.37. The van der Waals surface area contributed by atoms with Crippen molar-refractivity contribution in [3.8, 4) is 0 Å². The van der Waals surface area contributed by atoms with E-state index in [1.165, 1.54) is 0 Å². The van der Waals surface area contributed by atoms with Crippen molar-refractivity contribution < 1.29 is 8.42 Å². The van der Waals surface area contributed by atoms with Crippen LogP contribution in [0.15, 0.2) is 33.6 Å². The standard InChI is InChI=1S/C14H21BrN2O2S/c1-2-11-6-7-17(13(8-11)10-16)20(18,19)14-5-3-4-12(15)9-14/h3-5,9,11,13H,2,6-8,10,16H2,1H3. The summed E-state index contributed by atoms with van der Waals surface area (Å²) < 4.78 is 27.9. The normalized spacial score (nSPS) is 24.8. The van der Waals surface area contributed by atoms with Crippen molar-refractivity contribution in [2.24, 2.45) is 11.7 Å². The number of nitrogens with zero attached hydrogens (tertiary/aromatic N) is 1. The highest BCUT2D eigenvalue weighted by Gasteiger charge is 2.35. The highest BCUT2D eigenvalue weighted by atomic mass is 79.9. The zero-order chi connectivity index (χ0) is 14.8. The van der Waals surface area contributed by atoms with Crippen molar-refractivity contribution in [1.82, 2.24) is 4.31 Å². The Morgan fingerprint density at radius 2 is 2.20 bits per heavy atom. The lowest BCUT2D eigenvalue weighted by atomic mass is 9.90. The molecule has 0 amide bonds. The van der Waals surface area contributed by atoms with E-state index in [1.54, 1.807) is 22.5 Å². The summed E-state index contributed by atoms with van der Waals surface area (Å²) in [5.41, 5.74) is 5.80. The van der Waals surface area contributed by atoms with Crippen LogP contribution in [-0.4, -0.2) is 31.9 Å². The molecule has 0 aromatic heterocycles. The van der Waals surface area contributed by atoms with Gasteiger partial charge in [-0.15, -0.1) is 0 Å². The molecule has 0 radical (unpaired) electrons. The average molecular weight is 361 g/mol. The number of hydrogen-bond donors (Lipinski definition) is 1. The Morgan fingerprint density at radius 3 is 2.80 bits per heavy atom. The molecule has 2 N–H and O–H groups in total. The van der Waals surface area contributed by atoms with Crippen molar-refractivity contribution in [2.75, 3.05) is 13.1 Å². The van der Waals surface area contributed by atoms with E-state index >= 15 is 0 Å². The summed E-state index contributed by atoms with van der Waals surface area (Å²) in [5.74, 6) is 0.581. The lowest BCUT2D eigenvalue weighted by Crippen LogP contribution is -2.49. The molecule has 1 aromatic carbocycles. The first kappa shape index (κ1) is 15.9. The molecule has 2 unspecified atom stereocenters. The van der Waals surface area contributed by atoms with E-state index in [0.29, 0.717) is 23.9 Å². The number of halogens is 1. The van der Waals surface area contributed by atoms with Crippen LogP contribution in [0, 0.1) is 5.92 Å². The number of benzene rings is 1. The molecule has 1 aromatic rings. The largest absolute Gasteiger partial charge is 0.329 e. The van der Waals surface area contributed by atoms with Gasteiger partial charge in [0, 0.05) is 23.6 Å². The Balaban J connectivity index is 2.29. The minimum atomic E-state index is -3.45. The lowest BCUT2D eigenvalue weighted by molar-refractivity contribution is 0.197. The summed E-state index contributed by atoms with van der Waals surface area (Å²) in [7, 11) is -3.45. The molecule has 1 heterocycles. The molecule has 20 heavy (non-hydrogen) atoms. The molecule has 2 atom stereocenters. The van der Waals surface area contributed by atoms with E-state index in [1.807, 2.05) is 6.07 Å². The predicted octanol–water partition coefficient (Wildman–Crippen LogP) is 2.59. The monoisotopic (exact) mass is 360 g/mol. The van der Waals surface area contributed by atoms with Gasteiger partial charge in [0.15, 0.2) is 0 Å². The Hall–Kier alpha value is -0.430. The Labute approximate surface area is 129 Å². The molecular formula is C14H21BrN2O2S. The Bertz CT molecular complexity index is 562. The number of rotatable bonds is 4. The van der Waals surface area contributed by atoms with Gasteiger partial charge in [-0.05, 0) is 37.0 Å². The second-order valence-corrected chi connectivity index (χ2v) is 8.07. The molecule has 0 bridgehead atoms. The molecule has 1 fully saturated rings. The molecule has 112 valence electrons. The van der Waals surface area contributed by atoms with E-state index in [9.17, 15) is 8.42 Å². The smallest absolute Gasteiger partial charge is 0.243 e. The fourth-order valence-electron chi connectivity index (χ4n) is 2.78. The van der Waals surface area contributed by atoms with E-state index < -0.39 is 10.0 Å². The minimum Gasteiger partial charge on any atom is -0.329 e. The topological polar surface area (TPSA) is 63.4 Å². The summed E-state index contributed by atoms with van der Waals surface area (Å²) >= 11 is 3.32. The van der Waals surface area contributed by atoms with Crippen LogP contribution in [0.5, 0.6) is 0 Å². The molecule has 1 aliphatic heterocycles. The maximum absolute atomic E-state index is 12.8. The minimum absolute atomic E-state index is 0.0855. The van der Waals surface area contributed by atoms with Crippen LogP contribution in [0.2, 0.25) is 0 Å². The van der Waals surface area contributed by atoms with Crippen LogP contribution in [0.1, 0.15) is 26.2 Å². The summed E-state index contributed by atoms with van der Waals surface area (Å²) in [6, 6.07) is 6.77. The SMILES string of the molecule is CCC1CCN(S(=O)(=O)c2cccc(Br)c2)C(CN)C1. The second kappa shape index (κ2) is 6.56. The van der Waals surface area contributed by atoms with Crippen molar-refractivity contribution in [2.45, 2.75) is 37.1 Å². The van der Waals surface area contributed by atoms with Crippen LogP contribution < -0.4 is 5.73 Å². The van der Waals surface area contributed by atoms with Crippen LogP contribution in [-0.2, 0) is 10.0 Å². The molecule has 0 saturated carbocycles. The van der Waals surface area contributed by atoms with E-state index in [-0.39, 0.29) is 6.04 Å². The number of hydrogen-bond acceptors (Lipinski definition) is 3. The average Bonchev–Trinajstić information content (AvgIpc) is 2.46. The zero-order valence-electron chi connectivity index (χ0n) is 11.6. The van der Waals surface area contributed by atoms with Gasteiger partial charge in [0.1, 0.15) is 0 Å². The third kappa shape index (κ3) is 3.24. The summed E-state index contributed by atoms with van der Waals surface area (Å²) in [6.45, 7) is 3.09. The Morgan fingerprint density at radius 1 is 1.45 bits per heavy atom. The Kier molecular flexibility index (Phi) is 5.23. The predicted molar refractivity (Wildman–Crippen MR) is 83.9 cm³/mol. The summed E-state index contributed by atoms with van der Waals surface area (Å²) in [5, 5.41) is 0. The van der Waals surface area contributed by atoms with E-state index in [4.69, 9.17) is 5.73 Å². The van der Waals surface area contributed by atoms with Gasteiger partial charge in [0.05, 0.1) is 4.90 Å². The van der Waals surface area contributed by atoms with Gasteiger partial charge in [0.2, 0.25) is 10.0 Å². The summed E-state index contributed by atoms with van der Waals surface area (Å²) in [4.78, 5) is 0.334. The van der Waals surface area contributed by atoms with Crippen molar-refractivity contribution >= 4 is 26.0 Å². The van der Waals surface area contributed by atoms with Crippen LogP contribution >= 0.6 is 15.9 Å².